The first-order valence-electron chi connectivity index (χ1n) is 8.60. The lowest BCUT2D eigenvalue weighted by atomic mass is 10.1. The van der Waals surface area contributed by atoms with Gasteiger partial charge < -0.3 is 0 Å². The summed E-state index contributed by atoms with van der Waals surface area (Å²) in [6, 6.07) is 0. The summed E-state index contributed by atoms with van der Waals surface area (Å²) in [4.78, 5) is 10.7. The zero-order chi connectivity index (χ0) is 14.9. The van der Waals surface area contributed by atoms with Crippen molar-refractivity contribution >= 4 is 20.6 Å². The molecule has 0 aromatic heterocycles. The standard InChI is InChI=1S/C18H33BrO/c1-2-3-4-5-6-7-8-9-10-11-12-13-14-15-16-17-18(19)20/h9-10H,2-8,11-17H2,1H3/b10-9-. The van der Waals surface area contributed by atoms with Gasteiger partial charge in [0.1, 0.15) is 0 Å². The molecule has 0 saturated carbocycles. The van der Waals surface area contributed by atoms with Gasteiger partial charge in [0.05, 0.1) is 0 Å². The van der Waals surface area contributed by atoms with Crippen molar-refractivity contribution in [1.82, 2.24) is 0 Å². The molecule has 0 N–H and O–H groups in total. The Hall–Kier alpha value is -0.110. The first-order chi connectivity index (χ1) is 9.77. The summed E-state index contributed by atoms with van der Waals surface area (Å²) in [5.41, 5.74) is 0. The second-order valence-electron chi connectivity index (χ2n) is 5.69. The molecule has 0 unspecified atom stereocenters. The van der Waals surface area contributed by atoms with Crippen LogP contribution in [-0.2, 0) is 4.79 Å². The number of carbonyl (C=O) groups is 1. The summed E-state index contributed by atoms with van der Waals surface area (Å²) in [6.45, 7) is 2.27. The Balaban J connectivity index is 3.07. The van der Waals surface area contributed by atoms with Crippen molar-refractivity contribution < 1.29 is 4.79 Å². The molecule has 0 radical (unpaired) electrons. The fourth-order valence-electron chi connectivity index (χ4n) is 2.33. The van der Waals surface area contributed by atoms with Gasteiger partial charge in [-0.3, -0.25) is 4.79 Å². The minimum absolute atomic E-state index is 0.148. The first kappa shape index (κ1) is 19.9. The Bertz CT molecular complexity index is 236. The molecule has 0 saturated heterocycles. The molecule has 0 bridgehead atoms. The van der Waals surface area contributed by atoms with E-state index in [4.69, 9.17) is 0 Å². The number of allylic oxidation sites excluding steroid dienone is 2. The maximum absolute atomic E-state index is 10.7. The van der Waals surface area contributed by atoms with Crippen molar-refractivity contribution in [1.29, 1.82) is 0 Å². The van der Waals surface area contributed by atoms with Crippen LogP contribution >= 0.6 is 15.9 Å². The second-order valence-corrected chi connectivity index (χ2v) is 6.57. The van der Waals surface area contributed by atoms with E-state index in [0.717, 1.165) is 6.42 Å². The van der Waals surface area contributed by atoms with Crippen LogP contribution in [0.5, 0.6) is 0 Å². The lowest BCUT2D eigenvalue weighted by Gasteiger charge is -1.99. The largest absolute Gasteiger partial charge is 0.287 e. The van der Waals surface area contributed by atoms with Crippen LogP contribution in [-0.4, -0.2) is 4.69 Å². The smallest absolute Gasteiger partial charge is 0.197 e. The van der Waals surface area contributed by atoms with Gasteiger partial charge in [0.2, 0.25) is 0 Å². The highest BCUT2D eigenvalue weighted by Crippen LogP contribution is 2.10. The van der Waals surface area contributed by atoms with Gasteiger partial charge in [0.15, 0.2) is 4.69 Å². The van der Waals surface area contributed by atoms with Gasteiger partial charge in [-0.1, -0.05) is 70.4 Å². The zero-order valence-electron chi connectivity index (χ0n) is 13.3. The number of unbranched alkanes of at least 4 members (excludes halogenated alkanes) is 11. The summed E-state index contributed by atoms with van der Waals surface area (Å²) >= 11 is 2.97. The molecule has 1 nitrogen and oxygen atoms in total. The highest BCUT2D eigenvalue weighted by molar-refractivity contribution is 9.18. The van der Waals surface area contributed by atoms with Crippen molar-refractivity contribution in [3.8, 4) is 0 Å². The van der Waals surface area contributed by atoms with Gasteiger partial charge in [0, 0.05) is 6.42 Å². The number of halogens is 1. The van der Waals surface area contributed by atoms with Crippen molar-refractivity contribution in [2.24, 2.45) is 0 Å². The summed E-state index contributed by atoms with van der Waals surface area (Å²) in [6.07, 6.45) is 22.3. The lowest BCUT2D eigenvalue weighted by Crippen LogP contribution is -1.85. The van der Waals surface area contributed by atoms with E-state index in [1.807, 2.05) is 0 Å². The fraction of sp³-hybridized carbons (Fsp3) is 0.833. The molecule has 0 aliphatic heterocycles. The van der Waals surface area contributed by atoms with Gasteiger partial charge in [-0.05, 0) is 48.0 Å². The maximum atomic E-state index is 10.7. The second kappa shape index (κ2) is 16.9. The van der Waals surface area contributed by atoms with E-state index in [9.17, 15) is 4.79 Å². The average Bonchev–Trinajstić information content (AvgIpc) is 2.43. The van der Waals surface area contributed by atoms with Crippen LogP contribution in [0.2, 0.25) is 0 Å². The topological polar surface area (TPSA) is 17.1 Å². The predicted molar refractivity (Wildman–Crippen MR) is 93.4 cm³/mol. The maximum Gasteiger partial charge on any atom is 0.197 e. The Morgan fingerprint density at radius 3 is 1.70 bits per heavy atom. The van der Waals surface area contributed by atoms with Crippen molar-refractivity contribution in [2.45, 2.75) is 96.8 Å². The Labute approximate surface area is 134 Å². The van der Waals surface area contributed by atoms with E-state index < -0.39 is 0 Å². The molecule has 118 valence electrons. The van der Waals surface area contributed by atoms with Crippen LogP contribution in [0.4, 0.5) is 0 Å². The van der Waals surface area contributed by atoms with E-state index in [1.54, 1.807) is 0 Å². The van der Waals surface area contributed by atoms with Gasteiger partial charge in [-0.15, -0.1) is 0 Å². The first-order valence-corrected chi connectivity index (χ1v) is 9.40. The van der Waals surface area contributed by atoms with Crippen LogP contribution in [0.25, 0.3) is 0 Å². The summed E-state index contributed by atoms with van der Waals surface area (Å²) in [5, 5.41) is 0. The molecule has 0 aliphatic rings. The highest BCUT2D eigenvalue weighted by atomic mass is 79.9. The third kappa shape index (κ3) is 17.9. The molecule has 0 aromatic carbocycles. The number of carbonyl (C=O) groups excluding carboxylic acids is 1. The molecule has 0 atom stereocenters. The van der Waals surface area contributed by atoms with Crippen molar-refractivity contribution in [2.75, 3.05) is 0 Å². The van der Waals surface area contributed by atoms with E-state index >= 15 is 0 Å². The lowest BCUT2D eigenvalue weighted by molar-refractivity contribution is -0.110. The van der Waals surface area contributed by atoms with Crippen molar-refractivity contribution in [3.63, 3.8) is 0 Å². The predicted octanol–water partition coefficient (Wildman–Crippen LogP) is 6.95. The summed E-state index contributed by atoms with van der Waals surface area (Å²) in [5.74, 6) is 0. The average molecular weight is 345 g/mol. The van der Waals surface area contributed by atoms with Crippen LogP contribution < -0.4 is 0 Å². The quantitative estimate of drug-likeness (QED) is 0.178. The minimum atomic E-state index is 0.148. The third-order valence-corrected chi connectivity index (χ3v) is 4.03. The number of hydrogen-bond acceptors (Lipinski definition) is 1. The van der Waals surface area contributed by atoms with Crippen LogP contribution in [0.1, 0.15) is 96.8 Å². The molecule has 0 aliphatic carbocycles. The van der Waals surface area contributed by atoms with E-state index in [-0.39, 0.29) is 4.69 Å². The monoisotopic (exact) mass is 344 g/mol. The normalized spacial score (nSPS) is 11.3. The Kier molecular flexibility index (Phi) is 16.8. The molecule has 0 heterocycles. The van der Waals surface area contributed by atoms with Gasteiger partial charge in [0.25, 0.3) is 0 Å². The molecule has 0 fully saturated rings. The van der Waals surface area contributed by atoms with Crippen molar-refractivity contribution in [3.05, 3.63) is 12.2 Å². The number of hydrogen-bond donors (Lipinski definition) is 0. The molecule has 20 heavy (non-hydrogen) atoms. The van der Waals surface area contributed by atoms with Crippen LogP contribution in [0.15, 0.2) is 12.2 Å². The highest BCUT2D eigenvalue weighted by Gasteiger charge is 1.95. The van der Waals surface area contributed by atoms with Crippen LogP contribution in [0, 0.1) is 0 Å². The third-order valence-electron chi connectivity index (χ3n) is 3.64. The Morgan fingerprint density at radius 2 is 1.20 bits per heavy atom. The van der Waals surface area contributed by atoms with Gasteiger partial charge >= 0.3 is 0 Å². The molecule has 0 amide bonds. The van der Waals surface area contributed by atoms with Gasteiger partial charge in [-0.2, -0.15) is 0 Å². The van der Waals surface area contributed by atoms with Crippen LogP contribution in [0.3, 0.4) is 0 Å². The van der Waals surface area contributed by atoms with Gasteiger partial charge in [-0.25, -0.2) is 0 Å². The molecule has 2 heteroatoms. The summed E-state index contributed by atoms with van der Waals surface area (Å²) in [7, 11) is 0. The molecule has 0 rings (SSSR count). The molecule has 0 spiro atoms. The zero-order valence-corrected chi connectivity index (χ0v) is 14.9. The molecular formula is C18H33BrO. The molecular weight excluding hydrogens is 312 g/mol. The molecule has 0 aromatic rings. The van der Waals surface area contributed by atoms with E-state index in [1.165, 1.54) is 77.0 Å². The number of rotatable bonds is 15. The fourth-order valence-corrected chi connectivity index (χ4v) is 2.62. The SMILES string of the molecule is CCCCCCCC/C=C\CCCCCCCC(=O)Br. The minimum Gasteiger partial charge on any atom is -0.287 e. The summed E-state index contributed by atoms with van der Waals surface area (Å²) < 4.78 is 0.148. The van der Waals surface area contributed by atoms with E-state index in [2.05, 4.69) is 35.0 Å². The Morgan fingerprint density at radius 1 is 0.750 bits per heavy atom. The van der Waals surface area contributed by atoms with E-state index in [0.29, 0.717) is 6.42 Å².